The molecule has 0 aliphatic rings. The number of nitrogens with one attached hydrogen (secondary N) is 2. The maximum Gasteiger partial charge on any atom is 0.272 e. The van der Waals surface area contributed by atoms with E-state index in [4.69, 9.17) is 0 Å². The second-order valence-corrected chi connectivity index (χ2v) is 7.59. The number of halogens is 2. The molecular weight excluding hydrogens is 392 g/mol. The molecule has 7 nitrogen and oxygen atoms in total. The van der Waals surface area contributed by atoms with Gasteiger partial charge in [-0.15, -0.1) is 0 Å². The van der Waals surface area contributed by atoms with Crippen molar-refractivity contribution in [1.29, 1.82) is 0 Å². The lowest BCUT2D eigenvalue weighted by atomic mass is 10.2. The lowest BCUT2D eigenvalue weighted by Crippen LogP contribution is -2.42. The van der Waals surface area contributed by atoms with Gasteiger partial charge in [0.05, 0.1) is 10.5 Å². The summed E-state index contributed by atoms with van der Waals surface area (Å²) in [4.78, 5) is 24.1. The monoisotopic (exact) mass is 411 g/mol. The van der Waals surface area contributed by atoms with E-state index in [0.717, 1.165) is 12.1 Å². The topological polar surface area (TPSA) is 95.6 Å². The van der Waals surface area contributed by atoms with Crippen LogP contribution in [0, 0.1) is 11.6 Å². The van der Waals surface area contributed by atoms with E-state index in [1.54, 1.807) is 13.8 Å². The summed E-state index contributed by atoms with van der Waals surface area (Å²) in [6, 6.07) is 7.67. The van der Waals surface area contributed by atoms with Crippen LogP contribution in [-0.4, -0.2) is 37.6 Å². The second-order valence-electron chi connectivity index (χ2n) is 5.65. The third kappa shape index (κ3) is 4.70. The number of rotatable bonds is 6. The molecular formula is C18H19F2N3O4S. The van der Waals surface area contributed by atoms with Gasteiger partial charge in [-0.2, -0.15) is 4.31 Å². The van der Waals surface area contributed by atoms with Crippen LogP contribution in [0.25, 0.3) is 0 Å². The highest BCUT2D eigenvalue weighted by molar-refractivity contribution is 7.89. The average molecular weight is 411 g/mol. The summed E-state index contributed by atoms with van der Waals surface area (Å²) in [7, 11) is -3.76. The highest BCUT2D eigenvalue weighted by Crippen LogP contribution is 2.17. The summed E-state index contributed by atoms with van der Waals surface area (Å²) in [6.45, 7) is 3.94. The van der Waals surface area contributed by atoms with E-state index >= 15 is 0 Å². The van der Waals surface area contributed by atoms with E-state index in [0.29, 0.717) is 6.07 Å². The van der Waals surface area contributed by atoms with E-state index in [9.17, 15) is 26.8 Å². The van der Waals surface area contributed by atoms with Crippen molar-refractivity contribution in [2.75, 3.05) is 13.1 Å². The summed E-state index contributed by atoms with van der Waals surface area (Å²) in [5.41, 5.74) is 3.59. The molecule has 2 aromatic carbocycles. The summed E-state index contributed by atoms with van der Waals surface area (Å²) in [6.07, 6.45) is 0. The normalized spacial score (nSPS) is 11.3. The first-order valence-corrected chi connectivity index (χ1v) is 9.80. The second kappa shape index (κ2) is 8.89. The van der Waals surface area contributed by atoms with Crippen LogP contribution in [0.15, 0.2) is 47.4 Å². The molecule has 2 N–H and O–H groups in total. The van der Waals surface area contributed by atoms with Crippen molar-refractivity contribution in [3.8, 4) is 0 Å². The van der Waals surface area contributed by atoms with Crippen LogP contribution >= 0.6 is 0 Å². The zero-order valence-electron chi connectivity index (χ0n) is 15.2. The molecule has 2 rings (SSSR count). The Morgan fingerprint density at radius 3 is 2.21 bits per heavy atom. The Bertz CT molecular complexity index is 992. The van der Waals surface area contributed by atoms with Gasteiger partial charge in [0.2, 0.25) is 10.0 Å². The molecule has 0 heterocycles. The van der Waals surface area contributed by atoms with E-state index in [-0.39, 0.29) is 23.5 Å². The highest BCUT2D eigenvalue weighted by atomic mass is 32.2. The molecule has 0 aliphatic heterocycles. The average Bonchev–Trinajstić information content (AvgIpc) is 2.66. The minimum atomic E-state index is -3.76. The van der Waals surface area contributed by atoms with Gasteiger partial charge in [-0.25, -0.2) is 17.2 Å². The lowest BCUT2D eigenvalue weighted by Gasteiger charge is -2.18. The SMILES string of the molecule is CCN(CC)S(=O)(=O)c1cccc(C(=O)NNC(=O)c2ccc(F)cc2F)c1. The number of carbonyl (C=O) groups excluding carboxylic acids is 2. The van der Waals surface area contributed by atoms with Gasteiger partial charge in [-0.1, -0.05) is 19.9 Å². The number of sulfonamides is 1. The van der Waals surface area contributed by atoms with Crippen molar-refractivity contribution in [1.82, 2.24) is 15.2 Å². The summed E-state index contributed by atoms with van der Waals surface area (Å²) in [5, 5.41) is 0. The number of hydrogen-bond donors (Lipinski definition) is 2. The van der Waals surface area contributed by atoms with Crippen molar-refractivity contribution in [2.45, 2.75) is 18.7 Å². The zero-order valence-corrected chi connectivity index (χ0v) is 16.0. The number of benzene rings is 2. The quantitative estimate of drug-likeness (QED) is 0.712. The summed E-state index contributed by atoms with van der Waals surface area (Å²) >= 11 is 0. The molecule has 0 aromatic heterocycles. The first-order chi connectivity index (χ1) is 13.2. The molecule has 0 radical (unpaired) electrons. The van der Waals surface area contributed by atoms with Gasteiger partial charge in [0, 0.05) is 24.7 Å². The third-order valence-corrected chi connectivity index (χ3v) is 5.95. The third-order valence-electron chi connectivity index (χ3n) is 3.90. The molecule has 10 heteroatoms. The van der Waals surface area contributed by atoms with E-state index in [2.05, 4.69) is 5.43 Å². The summed E-state index contributed by atoms with van der Waals surface area (Å²) in [5.74, 6) is -3.71. The van der Waals surface area contributed by atoms with Crippen LogP contribution in [-0.2, 0) is 10.0 Å². The van der Waals surface area contributed by atoms with Gasteiger partial charge in [0.25, 0.3) is 11.8 Å². The van der Waals surface area contributed by atoms with Crippen molar-refractivity contribution < 1.29 is 26.8 Å². The van der Waals surface area contributed by atoms with Crippen LogP contribution < -0.4 is 10.9 Å². The minimum absolute atomic E-state index is 0.0203. The molecule has 2 amide bonds. The van der Waals surface area contributed by atoms with Crippen LogP contribution in [0.3, 0.4) is 0 Å². The predicted octanol–water partition coefficient (Wildman–Crippen LogP) is 2.07. The molecule has 0 aliphatic carbocycles. The Labute approximate surface area is 161 Å². The fourth-order valence-electron chi connectivity index (χ4n) is 2.44. The van der Waals surface area contributed by atoms with E-state index < -0.39 is 39.0 Å². The maximum absolute atomic E-state index is 13.6. The first-order valence-electron chi connectivity index (χ1n) is 8.36. The number of hydrazine groups is 1. The molecule has 0 saturated carbocycles. The van der Waals surface area contributed by atoms with Crippen molar-refractivity contribution in [3.05, 3.63) is 65.2 Å². The van der Waals surface area contributed by atoms with Gasteiger partial charge < -0.3 is 0 Å². The van der Waals surface area contributed by atoms with Gasteiger partial charge in [-0.05, 0) is 30.3 Å². The minimum Gasteiger partial charge on any atom is -0.267 e. The molecule has 150 valence electrons. The highest BCUT2D eigenvalue weighted by Gasteiger charge is 2.22. The Balaban J connectivity index is 2.14. The van der Waals surface area contributed by atoms with Crippen molar-refractivity contribution in [2.24, 2.45) is 0 Å². The molecule has 28 heavy (non-hydrogen) atoms. The zero-order chi connectivity index (χ0) is 20.9. The molecule has 0 fully saturated rings. The number of hydrogen-bond acceptors (Lipinski definition) is 4. The molecule has 0 unspecified atom stereocenters. The Morgan fingerprint density at radius 2 is 1.61 bits per heavy atom. The van der Waals surface area contributed by atoms with Crippen LogP contribution in [0.4, 0.5) is 8.78 Å². The molecule has 0 spiro atoms. The first kappa shape index (κ1) is 21.5. The van der Waals surface area contributed by atoms with E-state index in [1.165, 1.54) is 28.6 Å². The Hall–Kier alpha value is -2.85. The number of nitrogens with zero attached hydrogens (tertiary/aromatic N) is 1. The fourth-order valence-corrected chi connectivity index (χ4v) is 3.94. The number of amides is 2. The van der Waals surface area contributed by atoms with Gasteiger partial charge in [0.1, 0.15) is 11.6 Å². The van der Waals surface area contributed by atoms with Gasteiger partial charge in [0.15, 0.2) is 0 Å². The molecule has 0 saturated heterocycles. The summed E-state index contributed by atoms with van der Waals surface area (Å²) < 4.78 is 52.8. The lowest BCUT2D eigenvalue weighted by molar-refractivity contribution is 0.0844. The van der Waals surface area contributed by atoms with E-state index in [1.807, 2.05) is 5.43 Å². The van der Waals surface area contributed by atoms with Crippen LogP contribution in [0.5, 0.6) is 0 Å². The molecule has 0 atom stereocenters. The van der Waals surface area contributed by atoms with Crippen LogP contribution in [0.1, 0.15) is 34.6 Å². The Kier molecular flexibility index (Phi) is 6.81. The molecule has 0 bridgehead atoms. The predicted molar refractivity (Wildman–Crippen MR) is 97.8 cm³/mol. The standard InChI is InChI=1S/C18H19F2N3O4S/c1-3-23(4-2)28(26,27)14-7-5-6-12(10-14)17(24)21-22-18(25)15-9-8-13(19)11-16(15)20/h5-11H,3-4H2,1-2H3,(H,21,24)(H,22,25). The van der Waals surface area contributed by atoms with Crippen molar-refractivity contribution >= 4 is 21.8 Å². The van der Waals surface area contributed by atoms with Gasteiger partial charge in [-0.3, -0.25) is 20.4 Å². The van der Waals surface area contributed by atoms with Gasteiger partial charge >= 0.3 is 0 Å². The fraction of sp³-hybridized carbons (Fsp3) is 0.222. The molecule has 2 aromatic rings. The number of carbonyl (C=O) groups is 2. The van der Waals surface area contributed by atoms with Crippen LogP contribution in [0.2, 0.25) is 0 Å². The maximum atomic E-state index is 13.6. The largest absolute Gasteiger partial charge is 0.272 e. The smallest absolute Gasteiger partial charge is 0.267 e. The van der Waals surface area contributed by atoms with Crippen molar-refractivity contribution in [3.63, 3.8) is 0 Å². The Morgan fingerprint density at radius 1 is 0.964 bits per heavy atom.